The summed E-state index contributed by atoms with van der Waals surface area (Å²) in [4.78, 5) is 26.2. The largest absolute Gasteiger partial charge is 0.454 e. The van der Waals surface area contributed by atoms with E-state index in [-0.39, 0.29) is 12.7 Å². The van der Waals surface area contributed by atoms with Crippen molar-refractivity contribution in [2.45, 2.75) is 38.7 Å². The third-order valence-corrected chi connectivity index (χ3v) is 4.70. The van der Waals surface area contributed by atoms with E-state index in [1.54, 1.807) is 30.0 Å². The van der Waals surface area contributed by atoms with Crippen molar-refractivity contribution < 1.29 is 23.8 Å². The molecule has 1 aromatic carbocycles. The maximum absolute atomic E-state index is 12.4. The predicted molar refractivity (Wildman–Crippen MR) is 97.2 cm³/mol. The molecule has 26 heavy (non-hydrogen) atoms. The molecule has 1 atom stereocenters. The SMILES string of the molecule is C[C@H](OC(=O)/C=C/c1cc(Cl)c2c(c1)OCO2)C(=O)N1CCCCCC1. The molecular weight excluding hydrogens is 358 g/mol. The maximum atomic E-state index is 12.4. The Morgan fingerprint density at radius 3 is 2.65 bits per heavy atom. The lowest BCUT2D eigenvalue weighted by Crippen LogP contribution is -2.40. The highest BCUT2D eigenvalue weighted by Crippen LogP contribution is 2.40. The molecule has 6 nitrogen and oxygen atoms in total. The van der Waals surface area contributed by atoms with Crippen LogP contribution in [0, 0.1) is 0 Å². The van der Waals surface area contributed by atoms with E-state index in [2.05, 4.69) is 0 Å². The number of ether oxygens (including phenoxy) is 3. The Kier molecular flexibility index (Phi) is 6.04. The summed E-state index contributed by atoms with van der Waals surface area (Å²) in [6.45, 7) is 3.19. The third-order valence-electron chi connectivity index (χ3n) is 4.42. The molecular formula is C19H22ClNO5. The summed E-state index contributed by atoms with van der Waals surface area (Å²) in [5, 5.41) is 0.415. The normalized spacial score (nSPS) is 17.8. The summed E-state index contributed by atoms with van der Waals surface area (Å²) in [5.74, 6) is 0.326. The Morgan fingerprint density at radius 1 is 1.19 bits per heavy atom. The van der Waals surface area contributed by atoms with E-state index in [0.717, 1.165) is 38.8 Å². The van der Waals surface area contributed by atoms with E-state index in [1.165, 1.54) is 6.08 Å². The number of fused-ring (bicyclic) bond motifs is 1. The lowest BCUT2D eigenvalue weighted by molar-refractivity contribution is -0.155. The second-order valence-corrected chi connectivity index (χ2v) is 6.80. The van der Waals surface area contributed by atoms with E-state index in [0.29, 0.717) is 22.1 Å². The Bertz CT molecular complexity index is 710. The van der Waals surface area contributed by atoms with Gasteiger partial charge in [-0.05, 0) is 43.5 Å². The monoisotopic (exact) mass is 379 g/mol. The van der Waals surface area contributed by atoms with E-state index < -0.39 is 12.1 Å². The van der Waals surface area contributed by atoms with Crippen molar-refractivity contribution in [1.29, 1.82) is 0 Å². The first-order valence-corrected chi connectivity index (χ1v) is 9.19. The number of rotatable bonds is 4. The molecule has 2 aliphatic heterocycles. The molecule has 0 aromatic heterocycles. The van der Waals surface area contributed by atoms with Gasteiger partial charge in [0, 0.05) is 19.2 Å². The quantitative estimate of drug-likeness (QED) is 0.592. The van der Waals surface area contributed by atoms with Gasteiger partial charge in [0.2, 0.25) is 6.79 Å². The van der Waals surface area contributed by atoms with Gasteiger partial charge < -0.3 is 19.1 Å². The number of carbonyl (C=O) groups is 2. The molecule has 0 radical (unpaired) electrons. The smallest absolute Gasteiger partial charge is 0.331 e. The van der Waals surface area contributed by atoms with Crippen molar-refractivity contribution in [3.05, 3.63) is 28.8 Å². The second-order valence-electron chi connectivity index (χ2n) is 6.39. The Hall–Kier alpha value is -2.21. The summed E-state index contributed by atoms with van der Waals surface area (Å²) in [7, 11) is 0. The first-order chi connectivity index (χ1) is 12.5. The van der Waals surface area contributed by atoms with Gasteiger partial charge in [0.15, 0.2) is 17.6 Å². The van der Waals surface area contributed by atoms with E-state index >= 15 is 0 Å². The molecule has 7 heteroatoms. The number of hydrogen-bond acceptors (Lipinski definition) is 5. The highest BCUT2D eigenvalue weighted by Gasteiger charge is 2.24. The van der Waals surface area contributed by atoms with Crippen LogP contribution in [-0.4, -0.2) is 42.8 Å². The lowest BCUT2D eigenvalue weighted by Gasteiger charge is -2.23. The van der Waals surface area contributed by atoms with Crippen LogP contribution >= 0.6 is 11.6 Å². The molecule has 1 saturated heterocycles. The van der Waals surface area contributed by atoms with Crippen LogP contribution in [-0.2, 0) is 14.3 Å². The first-order valence-electron chi connectivity index (χ1n) is 8.81. The third kappa shape index (κ3) is 4.49. The number of nitrogens with zero attached hydrogens (tertiary/aromatic N) is 1. The van der Waals surface area contributed by atoms with Crippen molar-refractivity contribution in [3.63, 3.8) is 0 Å². The van der Waals surface area contributed by atoms with Gasteiger partial charge in [0.05, 0.1) is 5.02 Å². The fourth-order valence-electron chi connectivity index (χ4n) is 3.06. The van der Waals surface area contributed by atoms with E-state index in [4.69, 9.17) is 25.8 Å². The second kappa shape index (κ2) is 8.45. The van der Waals surface area contributed by atoms with Gasteiger partial charge in [-0.1, -0.05) is 24.4 Å². The molecule has 2 heterocycles. The molecule has 0 bridgehead atoms. The van der Waals surface area contributed by atoms with Crippen LogP contribution in [0.4, 0.5) is 0 Å². The summed E-state index contributed by atoms with van der Waals surface area (Å²) >= 11 is 6.11. The summed E-state index contributed by atoms with van der Waals surface area (Å²) in [6.07, 6.45) is 6.32. The minimum Gasteiger partial charge on any atom is -0.454 e. The fraction of sp³-hybridized carbons (Fsp3) is 0.474. The summed E-state index contributed by atoms with van der Waals surface area (Å²) < 4.78 is 15.8. The van der Waals surface area contributed by atoms with Crippen LogP contribution in [0.5, 0.6) is 11.5 Å². The average molecular weight is 380 g/mol. The zero-order chi connectivity index (χ0) is 18.5. The molecule has 140 valence electrons. The van der Waals surface area contributed by atoms with Crippen LogP contribution in [0.1, 0.15) is 38.2 Å². The van der Waals surface area contributed by atoms with Crippen molar-refractivity contribution in [2.75, 3.05) is 19.9 Å². The van der Waals surface area contributed by atoms with Crippen LogP contribution in [0.3, 0.4) is 0 Å². The number of hydrogen-bond donors (Lipinski definition) is 0. The van der Waals surface area contributed by atoms with Crippen LogP contribution in [0.25, 0.3) is 6.08 Å². The topological polar surface area (TPSA) is 65.1 Å². The lowest BCUT2D eigenvalue weighted by atomic mass is 10.2. The maximum Gasteiger partial charge on any atom is 0.331 e. The minimum absolute atomic E-state index is 0.125. The number of amides is 1. The molecule has 0 N–H and O–H groups in total. The number of carbonyl (C=O) groups excluding carboxylic acids is 2. The summed E-state index contributed by atoms with van der Waals surface area (Å²) in [6, 6.07) is 3.40. The molecule has 1 aromatic rings. The van der Waals surface area contributed by atoms with Crippen LogP contribution < -0.4 is 9.47 Å². The highest BCUT2D eigenvalue weighted by molar-refractivity contribution is 6.32. The molecule has 0 saturated carbocycles. The van der Waals surface area contributed by atoms with Crippen LogP contribution in [0.2, 0.25) is 5.02 Å². The molecule has 3 rings (SSSR count). The van der Waals surface area contributed by atoms with Crippen molar-refractivity contribution in [1.82, 2.24) is 4.90 Å². The van der Waals surface area contributed by atoms with Crippen molar-refractivity contribution >= 4 is 29.6 Å². The molecule has 0 spiro atoms. The zero-order valence-electron chi connectivity index (χ0n) is 14.7. The molecule has 2 aliphatic rings. The van der Waals surface area contributed by atoms with Gasteiger partial charge in [-0.15, -0.1) is 0 Å². The average Bonchev–Trinajstić information content (AvgIpc) is 2.93. The Balaban J connectivity index is 1.57. The van der Waals surface area contributed by atoms with E-state index in [9.17, 15) is 9.59 Å². The van der Waals surface area contributed by atoms with Crippen LogP contribution in [0.15, 0.2) is 18.2 Å². The molecule has 1 amide bonds. The van der Waals surface area contributed by atoms with Crippen molar-refractivity contribution in [3.8, 4) is 11.5 Å². The van der Waals surface area contributed by atoms with Crippen molar-refractivity contribution in [2.24, 2.45) is 0 Å². The van der Waals surface area contributed by atoms with Gasteiger partial charge in [-0.3, -0.25) is 4.79 Å². The number of benzene rings is 1. The van der Waals surface area contributed by atoms with Gasteiger partial charge in [-0.25, -0.2) is 4.79 Å². The Labute approximate surface area is 157 Å². The standard InChI is InChI=1S/C19H22ClNO5/c1-13(19(23)21-8-4-2-3-5-9-21)26-17(22)7-6-14-10-15(20)18-16(11-14)24-12-25-18/h6-7,10-11,13H,2-5,8-9,12H2,1H3/b7-6+/t13-/m0/s1. The van der Waals surface area contributed by atoms with Gasteiger partial charge >= 0.3 is 5.97 Å². The predicted octanol–water partition coefficient (Wildman–Crippen LogP) is 3.42. The van der Waals surface area contributed by atoms with Gasteiger partial charge in [-0.2, -0.15) is 0 Å². The zero-order valence-corrected chi connectivity index (χ0v) is 15.5. The number of likely N-dealkylation sites (tertiary alicyclic amines) is 1. The fourth-order valence-corrected chi connectivity index (χ4v) is 3.33. The summed E-state index contributed by atoms with van der Waals surface area (Å²) in [5.41, 5.74) is 0.683. The van der Waals surface area contributed by atoms with Gasteiger partial charge in [0.25, 0.3) is 5.91 Å². The minimum atomic E-state index is -0.800. The Morgan fingerprint density at radius 2 is 1.92 bits per heavy atom. The first kappa shape index (κ1) is 18.6. The molecule has 1 fully saturated rings. The highest BCUT2D eigenvalue weighted by atomic mass is 35.5. The van der Waals surface area contributed by atoms with E-state index in [1.807, 2.05) is 0 Å². The van der Waals surface area contributed by atoms with Gasteiger partial charge in [0.1, 0.15) is 0 Å². The molecule has 0 aliphatic carbocycles. The molecule has 0 unspecified atom stereocenters. The number of esters is 1. The number of halogens is 1.